The molecule has 0 unspecified atom stereocenters. The molecule has 0 aliphatic heterocycles. The van der Waals surface area contributed by atoms with Gasteiger partial charge in [0.15, 0.2) is 0 Å². The van der Waals surface area contributed by atoms with Crippen molar-refractivity contribution in [2.24, 2.45) is 0 Å². The van der Waals surface area contributed by atoms with Crippen LogP contribution in [-0.4, -0.2) is 9.97 Å². The summed E-state index contributed by atoms with van der Waals surface area (Å²) in [5.74, 6) is 0. The average molecular weight is 691 g/mol. The molecule has 7 heteroatoms. The minimum Gasteiger partial charge on any atom is -0.305 e. The van der Waals surface area contributed by atoms with Gasteiger partial charge in [-0.3, -0.25) is 4.98 Å². The molecular weight excluding hydrogens is 673 g/mol. The van der Waals surface area contributed by atoms with Crippen molar-refractivity contribution < 1.29 is 20.1 Å². The fraction of sp³-hybridized carbons (Fsp3) is 0.0303. The Kier molecular flexibility index (Phi) is 10.1. The minimum absolute atomic E-state index is 0. The average Bonchev–Trinajstić information content (AvgIpc) is 3.01. The van der Waals surface area contributed by atoms with Crippen LogP contribution in [0.1, 0.15) is 16.7 Å². The van der Waals surface area contributed by atoms with Crippen LogP contribution >= 0.6 is 0 Å². The van der Waals surface area contributed by atoms with Crippen LogP contribution in [0.4, 0.5) is 11.4 Å². The van der Waals surface area contributed by atoms with Crippen LogP contribution in [0.3, 0.4) is 0 Å². The molecule has 0 aliphatic rings. The second kappa shape index (κ2) is 13.9. The molecule has 5 aromatic rings. The van der Waals surface area contributed by atoms with Gasteiger partial charge in [-0.05, 0) is 58.6 Å². The van der Waals surface area contributed by atoms with Crippen LogP contribution in [0.15, 0.2) is 91.3 Å². The maximum atomic E-state index is 9.41. The van der Waals surface area contributed by atoms with Crippen LogP contribution in [0.5, 0.6) is 0 Å². The first kappa shape index (κ1) is 29.1. The summed E-state index contributed by atoms with van der Waals surface area (Å²) in [6.45, 7) is 16.9. The van der Waals surface area contributed by atoms with Gasteiger partial charge in [0, 0.05) is 49.8 Å². The van der Waals surface area contributed by atoms with Crippen LogP contribution in [0.25, 0.3) is 43.3 Å². The molecule has 2 aromatic heterocycles. The largest absolute Gasteiger partial charge is 0.305 e. The number of pyridine rings is 2. The van der Waals surface area contributed by atoms with Crippen LogP contribution < -0.4 is 0 Å². The van der Waals surface area contributed by atoms with Gasteiger partial charge in [0.25, 0.3) is 5.69 Å². The van der Waals surface area contributed by atoms with E-state index in [9.17, 15) is 10.5 Å². The molecule has 0 aliphatic carbocycles. The quantitative estimate of drug-likeness (QED) is 0.180. The number of nitrogens with zero attached hydrogens (tertiary/aromatic N) is 6. The molecule has 40 heavy (non-hydrogen) atoms. The third-order valence-corrected chi connectivity index (χ3v) is 5.75. The molecule has 0 spiro atoms. The summed E-state index contributed by atoms with van der Waals surface area (Å²) < 4.78 is 0. The first-order chi connectivity index (χ1) is 19.1. The van der Waals surface area contributed by atoms with Gasteiger partial charge in [-0.15, -0.1) is 35.9 Å². The molecule has 5 rings (SSSR count). The SMILES string of the molecule is [C-]#[N+]c1c(-c2nccc(C)c2-c2ccccc2)[c-]c(C#N)c(C#N)c1[N+]#[C-].[Ir].[c-]1ccccc1-c1ccccn1. The van der Waals surface area contributed by atoms with Crippen molar-refractivity contribution in [1.82, 2.24) is 9.97 Å². The van der Waals surface area contributed by atoms with E-state index in [4.69, 9.17) is 13.1 Å². The monoisotopic (exact) mass is 691 g/mol. The molecule has 0 saturated heterocycles. The van der Waals surface area contributed by atoms with Crippen LogP contribution in [0, 0.1) is 54.9 Å². The summed E-state index contributed by atoms with van der Waals surface area (Å²) in [6.07, 6.45) is 3.40. The van der Waals surface area contributed by atoms with Gasteiger partial charge in [0.1, 0.15) is 6.57 Å². The van der Waals surface area contributed by atoms with Gasteiger partial charge >= 0.3 is 0 Å². The van der Waals surface area contributed by atoms with Crippen LogP contribution in [-0.2, 0) is 20.1 Å². The fourth-order valence-electron chi connectivity index (χ4n) is 3.98. The Morgan fingerprint density at radius 1 is 0.800 bits per heavy atom. The Morgan fingerprint density at radius 3 is 2.12 bits per heavy atom. The summed E-state index contributed by atoms with van der Waals surface area (Å²) in [7, 11) is 0. The van der Waals surface area contributed by atoms with E-state index in [2.05, 4.69) is 31.8 Å². The standard InChI is InChI=1S/C22H10N5.C11H8N.Ir/c1-14-9-10-27-20(19(14)15-7-5-4-6-8-15)17-11-16(12-23)18(13-24)22(26-3)21(17)25-2;1-2-6-10(7-3-1)11-8-4-5-9-12-11;/h4-10H,1H3;1-6,8-9H;/q2*-1;. The second-order valence-corrected chi connectivity index (χ2v) is 8.10. The molecule has 0 bridgehead atoms. The number of benzene rings is 3. The summed E-state index contributed by atoms with van der Waals surface area (Å²) in [4.78, 5) is 15.5. The maximum Gasteiger partial charge on any atom is 0.263 e. The molecular formula is C33H18IrN6-2. The third kappa shape index (κ3) is 6.16. The van der Waals surface area contributed by atoms with Crippen molar-refractivity contribution in [3.63, 3.8) is 0 Å². The van der Waals surface area contributed by atoms with Crippen molar-refractivity contribution in [2.75, 3.05) is 0 Å². The van der Waals surface area contributed by atoms with E-state index in [0.717, 1.165) is 27.9 Å². The number of rotatable bonds is 3. The van der Waals surface area contributed by atoms with E-state index >= 15 is 0 Å². The molecule has 1 radical (unpaired) electrons. The zero-order valence-electron chi connectivity index (χ0n) is 21.2. The zero-order valence-corrected chi connectivity index (χ0v) is 23.6. The Morgan fingerprint density at radius 2 is 1.52 bits per heavy atom. The molecule has 0 amide bonds. The van der Waals surface area contributed by atoms with Crippen molar-refractivity contribution in [1.29, 1.82) is 10.5 Å². The van der Waals surface area contributed by atoms with E-state index < -0.39 is 0 Å². The van der Waals surface area contributed by atoms with Gasteiger partial charge < -0.3 is 4.98 Å². The molecule has 3 aromatic carbocycles. The van der Waals surface area contributed by atoms with Gasteiger partial charge in [0.05, 0.1) is 6.57 Å². The minimum atomic E-state index is -0.139. The predicted octanol–water partition coefficient (Wildman–Crippen LogP) is 7.92. The first-order valence-corrected chi connectivity index (χ1v) is 11.7. The second-order valence-electron chi connectivity index (χ2n) is 8.10. The van der Waals surface area contributed by atoms with E-state index in [-0.39, 0.29) is 48.2 Å². The topological polar surface area (TPSA) is 82.1 Å². The third-order valence-electron chi connectivity index (χ3n) is 5.75. The van der Waals surface area contributed by atoms with E-state index in [1.165, 1.54) is 0 Å². The number of hydrogen-bond donors (Lipinski definition) is 0. The normalized spacial score (nSPS) is 9.32. The predicted molar refractivity (Wildman–Crippen MR) is 149 cm³/mol. The van der Waals surface area contributed by atoms with Gasteiger partial charge in [0.2, 0.25) is 5.69 Å². The molecule has 2 heterocycles. The van der Waals surface area contributed by atoms with Crippen molar-refractivity contribution >= 4 is 11.4 Å². The number of nitriles is 2. The smallest absolute Gasteiger partial charge is 0.263 e. The summed E-state index contributed by atoms with van der Waals surface area (Å²) in [5, 5.41) is 18.7. The molecule has 0 N–H and O–H groups in total. The Bertz CT molecular complexity index is 1750. The summed E-state index contributed by atoms with van der Waals surface area (Å²) in [5.41, 5.74) is 5.00. The molecule has 6 nitrogen and oxygen atoms in total. The van der Waals surface area contributed by atoms with Gasteiger partial charge in [-0.2, -0.15) is 4.85 Å². The summed E-state index contributed by atoms with van der Waals surface area (Å²) in [6, 6.07) is 34.8. The molecule has 0 atom stereocenters. The van der Waals surface area contributed by atoms with E-state index in [1.807, 2.05) is 97.9 Å². The van der Waals surface area contributed by atoms with Crippen LogP contribution in [0.2, 0.25) is 0 Å². The number of aromatic nitrogens is 2. The molecule has 0 fully saturated rings. The van der Waals surface area contributed by atoms with Gasteiger partial charge in [-0.25, -0.2) is 15.4 Å². The van der Waals surface area contributed by atoms with Crippen molar-refractivity contribution in [3.05, 3.63) is 143 Å². The number of hydrogen-bond acceptors (Lipinski definition) is 4. The summed E-state index contributed by atoms with van der Waals surface area (Å²) >= 11 is 0. The fourth-order valence-corrected chi connectivity index (χ4v) is 3.98. The number of aryl methyl sites for hydroxylation is 1. The maximum absolute atomic E-state index is 9.41. The van der Waals surface area contributed by atoms with Crippen molar-refractivity contribution in [3.8, 4) is 45.8 Å². The van der Waals surface area contributed by atoms with Crippen molar-refractivity contribution in [2.45, 2.75) is 6.92 Å². The van der Waals surface area contributed by atoms with E-state index in [0.29, 0.717) is 5.69 Å². The zero-order chi connectivity index (χ0) is 27.6. The van der Waals surface area contributed by atoms with Gasteiger partial charge in [-0.1, -0.05) is 48.5 Å². The Labute approximate surface area is 246 Å². The Balaban J connectivity index is 0.000000283. The molecule has 191 valence electrons. The molecule has 0 saturated carbocycles. The first-order valence-electron chi connectivity index (χ1n) is 11.7. The van der Waals surface area contributed by atoms with E-state index in [1.54, 1.807) is 12.4 Å². The Hall–Kier alpha value is -5.43.